The van der Waals surface area contributed by atoms with Crippen LogP contribution in [-0.2, 0) is 6.54 Å². The minimum atomic E-state index is 0.439. The summed E-state index contributed by atoms with van der Waals surface area (Å²) in [6.07, 6.45) is 1.52. The molecule has 1 aromatic carbocycles. The van der Waals surface area contributed by atoms with Crippen LogP contribution in [0.1, 0.15) is 30.7 Å². The third-order valence-electron chi connectivity index (χ3n) is 3.09. The van der Waals surface area contributed by atoms with Crippen molar-refractivity contribution < 1.29 is 4.42 Å². The third-order valence-corrected chi connectivity index (χ3v) is 3.09. The molecule has 96 valence electrons. The van der Waals surface area contributed by atoms with Gasteiger partial charge in [0.25, 0.3) is 0 Å². The number of oxazole rings is 1. The van der Waals surface area contributed by atoms with Gasteiger partial charge in [0.15, 0.2) is 12.2 Å². The van der Waals surface area contributed by atoms with Gasteiger partial charge in [-0.2, -0.15) is 0 Å². The molecular weight excluding hydrogens is 224 g/mol. The summed E-state index contributed by atoms with van der Waals surface area (Å²) < 4.78 is 5.53. The van der Waals surface area contributed by atoms with Crippen LogP contribution >= 0.6 is 0 Å². The molecule has 3 nitrogen and oxygen atoms in total. The Balaban J connectivity index is 2.27. The molecule has 18 heavy (non-hydrogen) atoms. The van der Waals surface area contributed by atoms with Gasteiger partial charge in [-0.05, 0) is 31.0 Å². The second-order valence-corrected chi connectivity index (χ2v) is 4.96. The first-order valence-electron chi connectivity index (χ1n) is 6.31. The number of aromatic nitrogens is 1. The van der Waals surface area contributed by atoms with Gasteiger partial charge in [-0.25, -0.2) is 4.98 Å². The van der Waals surface area contributed by atoms with Gasteiger partial charge < -0.3 is 9.73 Å². The Morgan fingerprint density at radius 2 is 2.00 bits per heavy atom. The second kappa shape index (κ2) is 5.36. The van der Waals surface area contributed by atoms with Crippen molar-refractivity contribution in [2.75, 3.05) is 0 Å². The maximum atomic E-state index is 5.53. The zero-order valence-electron chi connectivity index (χ0n) is 11.4. The van der Waals surface area contributed by atoms with E-state index in [0.29, 0.717) is 6.04 Å². The van der Waals surface area contributed by atoms with Crippen LogP contribution in [0, 0.1) is 13.8 Å². The van der Waals surface area contributed by atoms with E-state index >= 15 is 0 Å². The number of aryl methyl sites for hydroxylation is 2. The molecule has 0 bridgehead atoms. The summed E-state index contributed by atoms with van der Waals surface area (Å²) in [7, 11) is 0. The predicted octanol–water partition coefficient (Wildman–Crippen LogP) is 3.46. The highest BCUT2D eigenvalue weighted by Gasteiger charge is 2.11. The third kappa shape index (κ3) is 2.79. The first kappa shape index (κ1) is 12.8. The van der Waals surface area contributed by atoms with Crippen molar-refractivity contribution in [1.82, 2.24) is 10.3 Å². The minimum absolute atomic E-state index is 0.439. The van der Waals surface area contributed by atoms with E-state index in [1.165, 1.54) is 17.5 Å². The Bertz CT molecular complexity index is 529. The van der Waals surface area contributed by atoms with Crippen molar-refractivity contribution >= 4 is 0 Å². The average Bonchev–Trinajstić information content (AvgIpc) is 2.78. The summed E-state index contributed by atoms with van der Waals surface area (Å²) in [4.78, 5) is 4.29. The lowest BCUT2D eigenvalue weighted by Gasteiger charge is -2.08. The summed E-state index contributed by atoms with van der Waals surface area (Å²) in [6.45, 7) is 9.20. The maximum Gasteiger partial charge on any atom is 0.181 e. The number of rotatable bonds is 4. The summed E-state index contributed by atoms with van der Waals surface area (Å²) in [5.41, 5.74) is 4.62. The van der Waals surface area contributed by atoms with Crippen molar-refractivity contribution in [3.05, 3.63) is 41.4 Å². The van der Waals surface area contributed by atoms with Crippen LogP contribution in [0.3, 0.4) is 0 Å². The Labute approximate surface area is 108 Å². The van der Waals surface area contributed by atoms with Gasteiger partial charge in [0.05, 0.1) is 0 Å². The lowest BCUT2D eigenvalue weighted by Crippen LogP contribution is -2.22. The zero-order chi connectivity index (χ0) is 13.1. The Kier molecular flexibility index (Phi) is 3.82. The molecule has 2 rings (SSSR count). The van der Waals surface area contributed by atoms with Gasteiger partial charge >= 0.3 is 0 Å². The Morgan fingerprint density at radius 3 is 2.67 bits per heavy atom. The van der Waals surface area contributed by atoms with E-state index in [2.05, 4.69) is 56.2 Å². The molecule has 1 heterocycles. The van der Waals surface area contributed by atoms with Crippen LogP contribution in [-0.4, -0.2) is 11.0 Å². The largest absolute Gasteiger partial charge is 0.443 e. The summed E-state index contributed by atoms with van der Waals surface area (Å²) in [5.74, 6) is 0.867. The average molecular weight is 244 g/mol. The topological polar surface area (TPSA) is 38.1 Å². The zero-order valence-corrected chi connectivity index (χ0v) is 11.4. The van der Waals surface area contributed by atoms with Crippen LogP contribution in [0.15, 0.2) is 29.0 Å². The highest BCUT2D eigenvalue weighted by Crippen LogP contribution is 2.25. The Hall–Kier alpha value is -1.61. The summed E-state index contributed by atoms with van der Waals surface area (Å²) >= 11 is 0. The second-order valence-electron chi connectivity index (χ2n) is 4.96. The SMILES string of the molecule is Cc1ccc(-c2ocnc2CNC(C)C)cc1C. The molecule has 0 atom stereocenters. The predicted molar refractivity (Wildman–Crippen MR) is 73.4 cm³/mol. The fourth-order valence-corrected chi connectivity index (χ4v) is 1.81. The van der Waals surface area contributed by atoms with Crippen LogP contribution in [0.4, 0.5) is 0 Å². The van der Waals surface area contributed by atoms with E-state index in [0.717, 1.165) is 23.6 Å². The number of nitrogens with one attached hydrogen (secondary N) is 1. The molecule has 0 radical (unpaired) electrons. The van der Waals surface area contributed by atoms with Crippen molar-refractivity contribution in [1.29, 1.82) is 0 Å². The molecule has 0 saturated heterocycles. The first-order valence-corrected chi connectivity index (χ1v) is 6.31. The fourth-order valence-electron chi connectivity index (χ4n) is 1.81. The smallest absolute Gasteiger partial charge is 0.181 e. The van der Waals surface area contributed by atoms with E-state index in [9.17, 15) is 0 Å². The van der Waals surface area contributed by atoms with E-state index in [1.54, 1.807) is 0 Å². The normalized spacial score (nSPS) is 11.2. The van der Waals surface area contributed by atoms with Gasteiger partial charge in [0, 0.05) is 18.2 Å². The number of hydrogen-bond donors (Lipinski definition) is 1. The van der Waals surface area contributed by atoms with Crippen LogP contribution in [0.25, 0.3) is 11.3 Å². The molecule has 0 aliphatic rings. The van der Waals surface area contributed by atoms with Crippen LogP contribution in [0.5, 0.6) is 0 Å². The van der Waals surface area contributed by atoms with Crippen molar-refractivity contribution in [2.24, 2.45) is 0 Å². The minimum Gasteiger partial charge on any atom is -0.443 e. The van der Waals surface area contributed by atoms with Gasteiger partial charge in [0.1, 0.15) is 5.69 Å². The molecule has 0 unspecified atom stereocenters. The summed E-state index contributed by atoms with van der Waals surface area (Å²) in [5, 5.41) is 3.36. The molecular formula is C15H20N2O. The maximum absolute atomic E-state index is 5.53. The molecule has 0 amide bonds. The Morgan fingerprint density at radius 1 is 1.22 bits per heavy atom. The van der Waals surface area contributed by atoms with Gasteiger partial charge in [-0.1, -0.05) is 26.0 Å². The monoisotopic (exact) mass is 244 g/mol. The highest BCUT2D eigenvalue weighted by molar-refractivity contribution is 5.61. The fraction of sp³-hybridized carbons (Fsp3) is 0.400. The van der Waals surface area contributed by atoms with E-state index in [-0.39, 0.29) is 0 Å². The lowest BCUT2D eigenvalue weighted by atomic mass is 10.0. The number of hydrogen-bond acceptors (Lipinski definition) is 3. The first-order chi connectivity index (χ1) is 8.58. The van der Waals surface area contributed by atoms with E-state index in [1.807, 2.05) is 0 Å². The molecule has 0 fully saturated rings. The van der Waals surface area contributed by atoms with E-state index in [4.69, 9.17) is 4.42 Å². The van der Waals surface area contributed by atoms with Gasteiger partial charge in [-0.3, -0.25) is 0 Å². The number of benzene rings is 1. The molecule has 1 aromatic heterocycles. The standard InChI is InChI=1S/C15H20N2O/c1-10(2)16-8-14-15(18-9-17-14)13-6-5-11(3)12(4)7-13/h5-7,9-10,16H,8H2,1-4H3. The summed E-state index contributed by atoms with van der Waals surface area (Å²) in [6, 6.07) is 6.79. The van der Waals surface area contributed by atoms with Gasteiger partial charge in [0.2, 0.25) is 0 Å². The highest BCUT2D eigenvalue weighted by atomic mass is 16.3. The van der Waals surface area contributed by atoms with E-state index < -0.39 is 0 Å². The van der Waals surface area contributed by atoms with Crippen molar-refractivity contribution in [3.8, 4) is 11.3 Å². The molecule has 1 N–H and O–H groups in total. The molecule has 0 aliphatic carbocycles. The molecule has 2 aromatic rings. The molecule has 0 saturated carbocycles. The number of nitrogens with zero attached hydrogens (tertiary/aromatic N) is 1. The van der Waals surface area contributed by atoms with Crippen molar-refractivity contribution in [3.63, 3.8) is 0 Å². The van der Waals surface area contributed by atoms with Crippen LogP contribution in [0.2, 0.25) is 0 Å². The lowest BCUT2D eigenvalue weighted by molar-refractivity contribution is 0.563. The quantitative estimate of drug-likeness (QED) is 0.895. The molecule has 0 spiro atoms. The molecule has 3 heteroatoms. The van der Waals surface area contributed by atoms with Crippen LogP contribution < -0.4 is 5.32 Å². The van der Waals surface area contributed by atoms with Gasteiger partial charge in [-0.15, -0.1) is 0 Å². The molecule has 0 aliphatic heterocycles. The van der Waals surface area contributed by atoms with Crippen molar-refractivity contribution in [2.45, 2.75) is 40.3 Å².